The quantitative estimate of drug-likeness (QED) is 0.486. The van der Waals surface area contributed by atoms with E-state index in [-0.39, 0.29) is 5.75 Å². The molecule has 27 heavy (non-hydrogen) atoms. The number of ether oxygens (including phenoxy) is 1. The molecule has 0 saturated carbocycles. The van der Waals surface area contributed by atoms with E-state index in [0.29, 0.717) is 17.0 Å². The number of aromatic nitrogens is 2. The lowest BCUT2D eigenvalue weighted by molar-refractivity contribution is 0.112. The maximum absolute atomic E-state index is 14.2. The van der Waals surface area contributed by atoms with Gasteiger partial charge in [0.15, 0.2) is 17.9 Å². The molecule has 5 nitrogen and oxygen atoms in total. The number of rotatable bonds is 5. The number of hydrogen-bond donors (Lipinski definition) is 1. The minimum atomic E-state index is -0.449. The van der Waals surface area contributed by atoms with E-state index in [1.165, 1.54) is 23.6 Å². The van der Waals surface area contributed by atoms with E-state index in [2.05, 4.69) is 15.3 Å². The molecule has 0 aliphatic carbocycles. The summed E-state index contributed by atoms with van der Waals surface area (Å²) < 4.78 is 20.9. The number of benzene rings is 1. The number of thiophene rings is 1. The fraction of sp³-hybridized carbons (Fsp3) is 0.0500. The van der Waals surface area contributed by atoms with Crippen LogP contribution in [0.15, 0.2) is 54.9 Å². The molecule has 134 valence electrons. The third-order valence-electron chi connectivity index (χ3n) is 3.99. The van der Waals surface area contributed by atoms with E-state index in [1.54, 1.807) is 43.6 Å². The molecule has 0 fully saturated rings. The van der Waals surface area contributed by atoms with Gasteiger partial charge in [-0.1, -0.05) is 0 Å². The lowest BCUT2D eigenvalue weighted by Crippen LogP contribution is -1.92. The lowest BCUT2D eigenvalue weighted by Gasteiger charge is -2.08. The molecule has 0 saturated heterocycles. The van der Waals surface area contributed by atoms with Gasteiger partial charge in [0, 0.05) is 42.8 Å². The minimum absolute atomic E-state index is 0.143. The summed E-state index contributed by atoms with van der Waals surface area (Å²) in [5.74, 6) is 0.219. The smallest absolute Gasteiger partial charge is 0.167 e. The highest BCUT2D eigenvalue weighted by Crippen LogP contribution is 2.39. The summed E-state index contributed by atoms with van der Waals surface area (Å²) in [6.45, 7) is 0. The predicted molar refractivity (Wildman–Crippen MR) is 104 cm³/mol. The normalized spacial score (nSPS) is 10.7. The van der Waals surface area contributed by atoms with Gasteiger partial charge in [0.1, 0.15) is 5.75 Å². The molecule has 1 aromatic carbocycles. The van der Waals surface area contributed by atoms with Gasteiger partial charge in [-0.15, -0.1) is 11.3 Å². The van der Waals surface area contributed by atoms with Crippen molar-refractivity contribution in [2.75, 3.05) is 12.4 Å². The number of nitrogens with one attached hydrogen (secondary N) is 1. The molecule has 4 rings (SSSR count). The van der Waals surface area contributed by atoms with Crippen LogP contribution in [0.4, 0.5) is 10.1 Å². The Labute approximate surface area is 158 Å². The first-order chi connectivity index (χ1) is 13.2. The van der Waals surface area contributed by atoms with E-state index in [1.807, 2.05) is 6.07 Å². The molecule has 0 aliphatic rings. The van der Waals surface area contributed by atoms with Crippen LogP contribution in [0.3, 0.4) is 0 Å². The van der Waals surface area contributed by atoms with Crippen molar-refractivity contribution in [2.45, 2.75) is 0 Å². The maximum Gasteiger partial charge on any atom is 0.167 e. The van der Waals surface area contributed by atoms with Crippen LogP contribution in [0, 0.1) is 5.82 Å². The zero-order valence-corrected chi connectivity index (χ0v) is 15.1. The van der Waals surface area contributed by atoms with Crippen LogP contribution < -0.4 is 10.1 Å². The van der Waals surface area contributed by atoms with Gasteiger partial charge in [0.25, 0.3) is 0 Å². The number of aldehydes is 1. The summed E-state index contributed by atoms with van der Waals surface area (Å²) in [6, 6.07) is 11.8. The molecule has 3 heterocycles. The van der Waals surface area contributed by atoms with Gasteiger partial charge in [-0.25, -0.2) is 4.39 Å². The number of halogens is 1. The first kappa shape index (κ1) is 17.1. The Balaban J connectivity index is 1.71. The topological polar surface area (TPSA) is 64.1 Å². The molecule has 0 bridgehead atoms. The standard InChI is InChI=1S/C20H14FN3O2S/c1-22-13-3-5-17(14(21)8-13)26-18-6-7-23-16-9-19(27-20(16)18)15-4-2-12(11-25)10-24-15/h2-11,22H,1H3. The van der Waals surface area contributed by atoms with Crippen molar-refractivity contribution in [1.82, 2.24) is 9.97 Å². The van der Waals surface area contributed by atoms with Crippen LogP contribution in [0.2, 0.25) is 0 Å². The van der Waals surface area contributed by atoms with Crippen LogP contribution in [0.5, 0.6) is 11.5 Å². The summed E-state index contributed by atoms with van der Waals surface area (Å²) in [5.41, 5.74) is 2.66. The van der Waals surface area contributed by atoms with E-state index >= 15 is 0 Å². The molecule has 4 aromatic rings. The fourth-order valence-electron chi connectivity index (χ4n) is 2.60. The Hall–Kier alpha value is -3.32. The maximum atomic E-state index is 14.2. The number of pyridine rings is 2. The van der Waals surface area contributed by atoms with Crippen molar-refractivity contribution in [2.24, 2.45) is 0 Å². The van der Waals surface area contributed by atoms with Crippen molar-refractivity contribution in [1.29, 1.82) is 0 Å². The Morgan fingerprint density at radius 2 is 2.00 bits per heavy atom. The van der Waals surface area contributed by atoms with Crippen molar-refractivity contribution in [3.63, 3.8) is 0 Å². The molecule has 0 amide bonds. The molecule has 1 N–H and O–H groups in total. The van der Waals surface area contributed by atoms with E-state index in [0.717, 1.165) is 27.1 Å². The first-order valence-electron chi connectivity index (χ1n) is 8.13. The predicted octanol–water partition coefficient (Wildman–Crippen LogP) is 5.14. The number of anilines is 1. The average molecular weight is 379 g/mol. The Kier molecular flexibility index (Phi) is 4.52. The average Bonchev–Trinajstić information content (AvgIpc) is 3.15. The number of carbonyl (C=O) groups excluding carboxylic acids is 1. The molecular weight excluding hydrogens is 365 g/mol. The second-order valence-electron chi connectivity index (χ2n) is 5.73. The summed E-state index contributed by atoms with van der Waals surface area (Å²) >= 11 is 1.45. The molecule has 0 atom stereocenters. The van der Waals surface area contributed by atoms with Gasteiger partial charge in [-0.05, 0) is 30.3 Å². The van der Waals surface area contributed by atoms with E-state index in [9.17, 15) is 9.18 Å². The van der Waals surface area contributed by atoms with Crippen molar-refractivity contribution in [3.05, 3.63) is 66.2 Å². The number of hydrogen-bond acceptors (Lipinski definition) is 6. The molecule has 0 radical (unpaired) electrons. The lowest BCUT2D eigenvalue weighted by atomic mass is 10.2. The molecular formula is C20H14FN3O2S. The van der Waals surface area contributed by atoms with Gasteiger partial charge in [-0.2, -0.15) is 0 Å². The van der Waals surface area contributed by atoms with Gasteiger partial charge < -0.3 is 10.1 Å². The van der Waals surface area contributed by atoms with Crippen LogP contribution >= 0.6 is 11.3 Å². The number of fused-ring (bicyclic) bond motifs is 1. The molecule has 0 aliphatic heterocycles. The SMILES string of the molecule is CNc1ccc(Oc2ccnc3cc(-c4ccc(C=O)cn4)sc23)c(F)c1. The highest BCUT2D eigenvalue weighted by Gasteiger charge is 2.13. The third kappa shape index (κ3) is 3.37. The van der Waals surface area contributed by atoms with E-state index in [4.69, 9.17) is 4.74 Å². The van der Waals surface area contributed by atoms with Crippen LogP contribution in [-0.4, -0.2) is 23.3 Å². The van der Waals surface area contributed by atoms with Crippen molar-refractivity contribution >= 4 is 33.5 Å². The van der Waals surface area contributed by atoms with Crippen molar-refractivity contribution in [3.8, 4) is 22.1 Å². The van der Waals surface area contributed by atoms with E-state index < -0.39 is 5.82 Å². The fourth-order valence-corrected chi connectivity index (χ4v) is 3.64. The Morgan fingerprint density at radius 3 is 2.70 bits per heavy atom. The second kappa shape index (κ2) is 7.13. The van der Waals surface area contributed by atoms with Crippen LogP contribution in [0.1, 0.15) is 10.4 Å². The van der Waals surface area contributed by atoms with Gasteiger partial charge in [0.05, 0.1) is 20.8 Å². The van der Waals surface area contributed by atoms with Gasteiger partial charge in [-0.3, -0.25) is 14.8 Å². The van der Waals surface area contributed by atoms with Gasteiger partial charge >= 0.3 is 0 Å². The summed E-state index contributed by atoms with van der Waals surface area (Å²) in [7, 11) is 1.73. The monoisotopic (exact) mass is 379 g/mol. The Bertz CT molecular complexity index is 1130. The summed E-state index contributed by atoms with van der Waals surface area (Å²) in [5, 5.41) is 2.89. The Morgan fingerprint density at radius 1 is 1.11 bits per heavy atom. The van der Waals surface area contributed by atoms with Crippen molar-refractivity contribution < 1.29 is 13.9 Å². The highest BCUT2D eigenvalue weighted by molar-refractivity contribution is 7.22. The number of carbonyl (C=O) groups is 1. The molecule has 7 heteroatoms. The first-order valence-corrected chi connectivity index (χ1v) is 8.95. The third-order valence-corrected chi connectivity index (χ3v) is 5.15. The largest absolute Gasteiger partial charge is 0.453 e. The zero-order valence-electron chi connectivity index (χ0n) is 14.3. The van der Waals surface area contributed by atoms with Crippen LogP contribution in [-0.2, 0) is 0 Å². The van der Waals surface area contributed by atoms with Crippen LogP contribution in [0.25, 0.3) is 20.8 Å². The minimum Gasteiger partial charge on any atom is -0.453 e. The van der Waals surface area contributed by atoms with Gasteiger partial charge in [0.2, 0.25) is 0 Å². The molecule has 0 spiro atoms. The second-order valence-corrected chi connectivity index (χ2v) is 6.78. The summed E-state index contributed by atoms with van der Waals surface area (Å²) in [6.07, 6.45) is 3.90. The zero-order chi connectivity index (χ0) is 18.8. The molecule has 3 aromatic heterocycles. The molecule has 0 unspecified atom stereocenters. The summed E-state index contributed by atoms with van der Waals surface area (Å²) in [4.78, 5) is 20.3. The number of nitrogens with zero attached hydrogens (tertiary/aromatic N) is 2. The highest BCUT2D eigenvalue weighted by atomic mass is 32.1.